The zero-order valence-electron chi connectivity index (χ0n) is 11.8. The Morgan fingerprint density at radius 3 is 1.95 bits per heavy atom. The van der Waals surface area contributed by atoms with Gasteiger partial charge in [0.25, 0.3) is 0 Å². The zero-order chi connectivity index (χ0) is 14.5. The average Bonchev–Trinajstić information content (AvgIpc) is 2.49. The van der Waals surface area contributed by atoms with Gasteiger partial charge in [0.05, 0.1) is 32.7 Å². The summed E-state index contributed by atoms with van der Waals surface area (Å²) in [6, 6.07) is 11.0. The largest absolute Gasteiger partial charge is 0.497 e. The lowest BCUT2D eigenvalue weighted by Gasteiger charge is -2.13. The first-order valence-electron chi connectivity index (χ1n) is 6.10. The van der Waals surface area contributed by atoms with Crippen molar-refractivity contribution in [1.82, 2.24) is 0 Å². The van der Waals surface area contributed by atoms with Crippen LogP contribution in [0.25, 0.3) is 0 Å². The van der Waals surface area contributed by atoms with Crippen molar-refractivity contribution in [3.05, 3.63) is 36.4 Å². The lowest BCUT2D eigenvalue weighted by atomic mass is 10.2. The summed E-state index contributed by atoms with van der Waals surface area (Å²) < 4.78 is 15.7. The molecule has 0 saturated heterocycles. The number of nitrogen functional groups attached to an aromatic ring is 1. The molecule has 0 unspecified atom stereocenters. The van der Waals surface area contributed by atoms with Crippen LogP contribution in [0.2, 0.25) is 0 Å². The van der Waals surface area contributed by atoms with E-state index in [1.807, 2.05) is 24.3 Å². The van der Waals surface area contributed by atoms with Crippen LogP contribution in [0, 0.1) is 0 Å². The number of hydrogen-bond donors (Lipinski definition) is 2. The van der Waals surface area contributed by atoms with Crippen LogP contribution in [-0.2, 0) is 0 Å². The van der Waals surface area contributed by atoms with Gasteiger partial charge in [0.1, 0.15) is 17.2 Å². The molecule has 106 valence electrons. The molecule has 0 fully saturated rings. The normalized spacial score (nSPS) is 9.95. The number of benzene rings is 2. The Morgan fingerprint density at radius 2 is 1.40 bits per heavy atom. The lowest BCUT2D eigenvalue weighted by molar-refractivity contribution is 0.395. The van der Waals surface area contributed by atoms with E-state index in [4.69, 9.17) is 19.9 Å². The molecule has 2 rings (SSSR count). The molecule has 5 heteroatoms. The van der Waals surface area contributed by atoms with Gasteiger partial charge in [0, 0.05) is 30.0 Å². The maximum Gasteiger partial charge on any atom is 0.124 e. The van der Waals surface area contributed by atoms with E-state index < -0.39 is 0 Å². The molecule has 2 aromatic rings. The summed E-state index contributed by atoms with van der Waals surface area (Å²) in [6.07, 6.45) is 0. The molecule has 0 aliphatic rings. The highest BCUT2D eigenvalue weighted by Crippen LogP contribution is 2.31. The van der Waals surface area contributed by atoms with Gasteiger partial charge >= 0.3 is 0 Å². The van der Waals surface area contributed by atoms with E-state index in [0.717, 1.165) is 17.1 Å². The second-order valence-electron chi connectivity index (χ2n) is 4.18. The maximum absolute atomic E-state index is 5.95. The van der Waals surface area contributed by atoms with Crippen LogP contribution in [0.5, 0.6) is 17.2 Å². The Kier molecular flexibility index (Phi) is 4.20. The number of methoxy groups -OCH3 is 3. The molecule has 0 aromatic heterocycles. The summed E-state index contributed by atoms with van der Waals surface area (Å²) in [4.78, 5) is 0. The van der Waals surface area contributed by atoms with Crippen molar-refractivity contribution in [2.45, 2.75) is 0 Å². The predicted molar refractivity (Wildman–Crippen MR) is 80.2 cm³/mol. The van der Waals surface area contributed by atoms with Crippen LogP contribution in [0.15, 0.2) is 36.4 Å². The minimum Gasteiger partial charge on any atom is -0.497 e. The van der Waals surface area contributed by atoms with E-state index in [2.05, 4.69) is 5.32 Å². The molecule has 0 atom stereocenters. The van der Waals surface area contributed by atoms with E-state index in [1.165, 1.54) is 0 Å². The van der Waals surface area contributed by atoms with Crippen LogP contribution in [0.1, 0.15) is 0 Å². The average molecular weight is 274 g/mol. The second-order valence-corrected chi connectivity index (χ2v) is 4.18. The molecule has 0 aliphatic heterocycles. The van der Waals surface area contributed by atoms with Gasteiger partial charge in [0.2, 0.25) is 0 Å². The van der Waals surface area contributed by atoms with Crippen molar-refractivity contribution in [3.63, 3.8) is 0 Å². The Labute approximate surface area is 118 Å². The fraction of sp³-hybridized carbons (Fsp3) is 0.200. The summed E-state index contributed by atoms with van der Waals surface area (Å²) in [5.74, 6) is 2.14. The molecular weight excluding hydrogens is 256 g/mol. The van der Waals surface area contributed by atoms with Crippen molar-refractivity contribution in [3.8, 4) is 17.2 Å². The molecule has 0 heterocycles. The lowest BCUT2D eigenvalue weighted by Crippen LogP contribution is -1.98. The summed E-state index contributed by atoms with van der Waals surface area (Å²) >= 11 is 0. The van der Waals surface area contributed by atoms with Gasteiger partial charge in [-0.3, -0.25) is 0 Å². The molecule has 2 aromatic carbocycles. The molecule has 0 aliphatic carbocycles. The minimum atomic E-state index is 0.632. The van der Waals surface area contributed by atoms with Gasteiger partial charge in [-0.15, -0.1) is 0 Å². The van der Waals surface area contributed by atoms with E-state index in [-0.39, 0.29) is 0 Å². The van der Waals surface area contributed by atoms with E-state index in [0.29, 0.717) is 17.2 Å². The molecule has 20 heavy (non-hydrogen) atoms. The summed E-state index contributed by atoms with van der Waals surface area (Å²) in [5.41, 5.74) is 8.17. The zero-order valence-corrected chi connectivity index (χ0v) is 11.8. The number of rotatable bonds is 5. The van der Waals surface area contributed by atoms with Crippen molar-refractivity contribution in [2.75, 3.05) is 32.4 Å². The molecular formula is C15H18N2O3. The SMILES string of the molecule is COc1cc(Nc2cc(OC)ccc2N)cc(OC)c1. The quantitative estimate of drug-likeness (QED) is 0.820. The molecule has 0 amide bonds. The minimum absolute atomic E-state index is 0.632. The number of nitrogens with two attached hydrogens (primary N) is 1. The molecule has 0 radical (unpaired) electrons. The highest BCUT2D eigenvalue weighted by Gasteiger charge is 2.05. The summed E-state index contributed by atoms with van der Waals surface area (Å²) in [7, 11) is 4.83. The van der Waals surface area contributed by atoms with E-state index in [9.17, 15) is 0 Å². The number of hydrogen-bond acceptors (Lipinski definition) is 5. The van der Waals surface area contributed by atoms with Gasteiger partial charge in [-0.25, -0.2) is 0 Å². The highest BCUT2D eigenvalue weighted by molar-refractivity contribution is 5.75. The standard InChI is InChI=1S/C15H18N2O3/c1-18-11-4-5-14(16)15(9-11)17-10-6-12(19-2)8-13(7-10)20-3/h4-9,17H,16H2,1-3H3. The Balaban J connectivity index is 2.33. The third kappa shape index (κ3) is 3.06. The van der Waals surface area contributed by atoms with E-state index in [1.54, 1.807) is 33.5 Å². The first-order valence-corrected chi connectivity index (χ1v) is 6.10. The Hall–Kier alpha value is -2.56. The Bertz CT molecular complexity index is 577. The van der Waals surface area contributed by atoms with Gasteiger partial charge < -0.3 is 25.3 Å². The molecule has 0 saturated carbocycles. The molecule has 5 nitrogen and oxygen atoms in total. The molecule has 0 bridgehead atoms. The first-order chi connectivity index (χ1) is 9.66. The van der Waals surface area contributed by atoms with Crippen molar-refractivity contribution in [1.29, 1.82) is 0 Å². The summed E-state index contributed by atoms with van der Waals surface area (Å²) in [6.45, 7) is 0. The van der Waals surface area contributed by atoms with Gasteiger partial charge in [-0.05, 0) is 12.1 Å². The third-order valence-corrected chi connectivity index (χ3v) is 2.89. The maximum atomic E-state index is 5.95. The third-order valence-electron chi connectivity index (χ3n) is 2.89. The van der Waals surface area contributed by atoms with Crippen molar-refractivity contribution >= 4 is 17.1 Å². The van der Waals surface area contributed by atoms with Crippen LogP contribution in [0.3, 0.4) is 0 Å². The van der Waals surface area contributed by atoms with Crippen LogP contribution in [-0.4, -0.2) is 21.3 Å². The van der Waals surface area contributed by atoms with Gasteiger partial charge in [-0.2, -0.15) is 0 Å². The Morgan fingerprint density at radius 1 is 0.800 bits per heavy atom. The smallest absolute Gasteiger partial charge is 0.124 e. The van der Waals surface area contributed by atoms with Crippen molar-refractivity contribution in [2.24, 2.45) is 0 Å². The topological polar surface area (TPSA) is 65.7 Å². The van der Waals surface area contributed by atoms with Crippen LogP contribution >= 0.6 is 0 Å². The van der Waals surface area contributed by atoms with Crippen LogP contribution in [0.4, 0.5) is 17.1 Å². The number of anilines is 3. The van der Waals surface area contributed by atoms with Gasteiger partial charge in [-0.1, -0.05) is 0 Å². The second kappa shape index (κ2) is 6.06. The van der Waals surface area contributed by atoms with E-state index >= 15 is 0 Å². The fourth-order valence-corrected chi connectivity index (χ4v) is 1.81. The predicted octanol–water partition coefficient (Wildman–Crippen LogP) is 3.04. The highest BCUT2D eigenvalue weighted by atomic mass is 16.5. The number of nitrogens with one attached hydrogen (secondary N) is 1. The molecule has 0 spiro atoms. The van der Waals surface area contributed by atoms with Gasteiger partial charge in [0.15, 0.2) is 0 Å². The van der Waals surface area contributed by atoms with Crippen molar-refractivity contribution < 1.29 is 14.2 Å². The number of ether oxygens (including phenoxy) is 3. The fourth-order valence-electron chi connectivity index (χ4n) is 1.81. The monoisotopic (exact) mass is 274 g/mol. The molecule has 3 N–H and O–H groups in total. The summed E-state index contributed by atoms with van der Waals surface area (Å²) in [5, 5.41) is 3.23. The first kappa shape index (κ1) is 13.9. The van der Waals surface area contributed by atoms with Crippen LogP contribution < -0.4 is 25.3 Å².